The molecule has 0 saturated heterocycles. The minimum Gasteiger partial charge on any atom is -0.496 e. The standard InChI is InChI=1S/C12H16O4/c1-5-6-9-8-12(15-3,16-4)11(13)7-10(9)14-2/h5,7-8H,1,6H2,2-4H3. The van der Waals surface area contributed by atoms with Crippen molar-refractivity contribution in [2.24, 2.45) is 0 Å². The highest BCUT2D eigenvalue weighted by molar-refractivity contribution is 6.00. The van der Waals surface area contributed by atoms with Crippen LogP contribution in [0.15, 0.2) is 36.1 Å². The normalized spacial score (nSPS) is 18.8. The molecule has 0 bridgehead atoms. The van der Waals surface area contributed by atoms with Gasteiger partial charge in [-0.1, -0.05) is 6.08 Å². The average Bonchev–Trinajstić information content (AvgIpc) is 2.31. The first-order valence-electron chi connectivity index (χ1n) is 4.87. The number of hydrogen-bond donors (Lipinski definition) is 0. The molecule has 88 valence electrons. The summed E-state index contributed by atoms with van der Waals surface area (Å²) in [7, 11) is 4.37. The SMILES string of the molecule is C=CCC1=CC(OC)(OC)C(=O)C=C1OC. The van der Waals surface area contributed by atoms with Crippen molar-refractivity contribution in [3.05, 3.63) is 36.1 Å². The average molecular weight is 224 g/mol. The molecule has 4 heteroatoms. The van der Waals surface area contributed by atoms with E-state index in [9.17, 15) is 4.79 Å². The van der Waals surface area contributed by atoms with Gasteiger partial charge < -0.3 is 14.2 Å². The fourth-order valence-corrected chi connectivity index (χ4v) is 1.59. The lowest BCUT2D eigenvalue weighted by molar-refractivity contribution is -0.182. The summed E-state index contributed by atoms with van der Waals surface area (Å²) in [6, 6.07) is 0. The van der Waals surface area contributed by atoms with Crippen LogP contribution in [-0.2, 0) is 19.0 Å². The van der Waals surface area contributed by atoms with Gasteiger partial charge in [0.25, 0.3) is 5.79 Å². The van der Waals surface area contributed by atoms with E-state index in [1.165, 1.54) is 27.4 Å². The predicted molar refractivity (Wildman–Crippen MR) is 59.7 cm³/mol. The summed E-state index contributed by atoms with van der Waals surface area (Å²) in [5.74, 6) is -1.10. The Morgan fingerprint density at radius 2 is 2.00 bits per heavy atom. The zero-order chi connectivity index (χ0) is 12.2. The summed E-state index contributed by atoms with van der Waals surface area (Å²) >= 11 is 0. The zero-order valence-corrected chi connectivity index (χ0v) is 9.78. The third-order valence-corrected chi connectivity index (χ3v) is 2.48. The number of ketones is 1. The van der Waals surface area contributed by atoms with Crippen molar-refractivity contribution in [3.63, 3.8) is 0 Å². The molecule has 0 aliphatic heterocycles. The van der Waals surface area contributed by atoms with E-state index in [2.05, 4.69) is 6.58 Å². The summed E-state index contributed by atoms with van der Waals surface area (Å²) in [6.45, 7) is 3.65. The molecule has 0 fully saturated rings. The van der Waals surface area contributed by atoms with Crippen LogP contribution >= 0.6 is 0 Å². The number of ether oxygens (including phenoxy) is 3. The lowest BCUT2D eigenvalue weighted by Crippen LogP contribution is -2.42. The third-order valence-electron chi connectivity index (χ3n) is 2.48. The predicted octanol–water partition coefficient (Wildman–Crippen LogP) is 1.59. The molecule has 0 spiro atoms. The largest absolute Gasteiger partial charge is 0.496 e. The molecule has 0 unspecified atom stereocenters. The van der Waals surface area contributed by atoms with Gasteiger partial charge in [-0.2, -0.15) is 0 Å². The molecule has 0 aromatic heterocycles. The van der Waals surface area contributed by atoms with Gasteiger partial charge in [0.1, 0.15) is 5.76 Å². The van der Waals surface area contributed by atoms with Crippen molar-refractivity contribution >= 4 is 5.78 Å². The van der Waals surface area contributed by atoms with E-state index >= 15 is 0 Å². The van der Waals surface area contributed by atoms with E-state index in [0.29, 0.717) is 12.2 Å². The van der Waals surface area contributed by atoms with Gasteiger partial charge in [-0.25, -0.2) is 0 Å². The molecule has 0 atom stereocenters. The lowest BCUT2D eigenvalue weighted by Gasteiger charge is -2.29. The van der Waals surface area contributed by atoms with E-state index in [4.69, 9.17) is 14.2 Å². The van der Waals surface area contributed by atoms with Gasteiger partial charge in [-0.05, 0) is 18.1 Å². The van der Waals surface area contributed by atoms with Crippen molar-refractivity contribution < 1.29 is 19.0 Å². The number of carbonyl (C=O) groups excluding carboxylic acids is 1. The quantitative estimate of drug-likeness (QED) is 0.525. The molecule has 0 N–H and O–H groups in total. The molecule has 1 aliphatic rings. The van der Waals surface area contributed by atoms with Crippen molar-refractivity contribution in [3.8, 4) is 0 Å². The van der Waals surface area contributed by atoms with E-state index in [0.717, 1.165) is 5.57 Å². The van der Waals surface area contributed by atoms with Crippen LogP contribution < -0.4 is 0 Å². The van der Waals surface area contributed by atoms with Crippen LogP contribution in [0.2, 0.25) is 0 Å². The molecule has 1 aliphatic carbocycles. The van der Waals surface area contributed by atoms with Crippen molar-refractivity contribution in [2.75, 3.05) is 21.3 Å². The van der Waals surface area contributed by atoms with Gasteiger partial charge >= 0.3 is 0 Å². The van der Waals surface area contributed by atoms with Crippen molar-refractivity contribution in [2.45, 2.75) is 12.2 Å². The number of carbonyl (C=O) groups is 1. The second-order valence-corrected chi connectivity index (χ2v) is 3.32. The fourth-order valence-electron chi connectivity index (χ4n) is 1.59. The minimum absolute atomic E-state index is 0.290. The highest BCUT2D eigenvalue weighted by atomic mass is 16.7. The summed E-state index contributed by atoms with van der Waals surface area (Å²) in [4.78, 5) is 11.8. The van der Waals surface area contributed by atoms with Crippen molar-refractivity contribution in [1.29, 1.82) is 0 Å². The second-order valence-electron chi connectivity index (χ2n) is 3.32. The first-order chi connectivity index (χ1) is 7.63. The smallest absolute Gasteiger partial charge is 0.253 e. The molecule has 0 radical (unpaired) electrons. The number of rotatable bonds is 5. The molecule has 1 rings (SSSR count). The Morgan fingerprint density at radius 3 is 2.44 bits per heavy atom. The molecule has 16 heavy (non-hydrogen) atoms. The molecule has 0 aromatic carbocycles. The van der Waals surface area contributed by atoms with Gasteiger partial charge in [-0.3, -0.25) is 4.79 Å². The van der Waals surface area contributed by atoms with Crippen LogP contribution in [0.3, 0.4) is 0 Å². The van der Waals surface area contributed by atoms with E-state index < -0.39 is 5.79 Å². The number of methoxy groups -OCH3 is 3. The van der Waals surface area contributed by atoms with Gasteiger partial charge in [-0.15, -0.1) is 6.58 Å². The Morgan fingerprint density at radius 1 is 1.38 bits per heavy atom. The van der Waals surface area contributed by atoms with Gasteiger partial charge in [0.05, 0.1) is 7.11 Å². The summed E-state index contributed by atoms with van der Waals surface area (Å²) < 4.78 is 15.4. The summed E-state index contributed by atoms with van der Waals surface area (Å²) in [5, 5.41) is 0. The first-order valence-corrected chi connectivity index (χ1v) is 4.87. The van der Waals surface area contributed by atoms with Crippen LogP contribution in [0.5, 0.6) is 0 Å². The van der Waals surface area contributed by atoms with Gasteiger partial charge in [0.2, 0.25) is 5.78 Å². The van der Waals surface area contributed by atoms with E-state index in [-0.39, 0.29) is 5.78 Å². The lowest BCUT2D eigenvalue weighted by atomic mass is 9.96. The van der Waals surface area contributed by atoms with Gasteiger partial charge in [0, 0.05) is 20.3 Å². The minimum atomic E-state index is -1.33. The molecule has 0 saturated carbocycles. The zero-order valence-electron chi connectivity index (χ0n) is 9.78. The third kappa shape index (κ3) is 2.08. The maximum absolute atomic E-state index is 11.8. The molecule has 0 amide bonds. The van der Waals surface area contributed by atoms with Crippen LogP contribution in [0.1, 0.15) is 6.42 Å². The molecular formula is C12H16O4. The van der Waals surface area contributed by atoms with E-state index in [1.54, 1.807) is 12.2 Å². The van der Waals surface area contributed by atoms with Crippen LogP contribution in [0.4, 0.5) is 0 Å². The Kier molecular flexibility index (Phi) is 4.04. The Balaban J connectivity index is 3.15. The maximum Gasteiger partial charge on any atom is 0.253 e. The highest BCUT2D eigenvalue weighted by Gasteiger charge is 2.39. The molecular weight excluding hydrogens is 208 g/mol. The van der Waals surface area contributed by atoms with Crippen LogP contribution in [0, 0.1) is 0 Å². The number of allylic oxidation sites excluding steroid dienone is 2. The van der Waals surface area contributed by atoms with Gasteiger partial charge in [0.15, 0.2) is 0 Å². The maximum atomic E-state index is 11.8. The summed E-state index contributed by atoms with van der Waals surface area (Å²) in [6.07, 6.45) is 5.31. The monoisotopic (exact) mass is 224 g/mol. The fraction of sp³-hybridized carbons (Fsp3) is 0.417. The Hall–Kier alpha value is -1.39. The molecule has 0 heterocycles. The molecule has 4 nitrogen and oxygen atoms in total. The highest BCUT2D eigenvalue weighted by Crippen LogP contribution is 2.29. The topological polar surface area (TPSA) is 44.8 Å². The van der Waals surface area contributed by atoms with E-state index in [1.807, 2.05) is 0 Å². The Bertz CT molecular complexity index is 348. The summed E-state index contributed by atoms with van der Waals surface area (Å²) in [5.41, 5.74) is 0.820. The molecule has 0 aromatic rings. The second kappa shape index (κ2) is 5.09. The first kappa shape index (κ1) is 12.7. The van der Waals surface area contributed by atoms with Crippen LogP contribution in [-0.4, -0.2) is 32.9 Å². The Labute approximate surface area is 95.2 Å². The van der Waals surface area contributed by atoms with Crippen LogP contribution in [0.25, 0.3) is 0 Å². The van der Waals surface area contributed by atoms with Crippen molar-refractivity contribution in [1.82, 2.24) is 0 Å². The number of hydrogen-bond acceptors (Lipinski definition) is 4.